The van der Waals surface area contributed by atoms with E-state index in [1.54, 1.807) is 14.0 Å². The first-order valence-corrected chi connectivity index (χ1v) is 6.72. The molecule has 0 saturated heterocycles. The number of nitrogens with zero attached hydrogens (tertiary/aromatic N) is 3. The molecule has 0 aliphatic rings. The van der Waals surface area contributed by atoms with Gasteiger partial charge in [-0.05, 0) is 13.0 Å². The second-order valence-electron chi connectivity index (χ2n) is 4.20. The molecule has 2 rings (SSSR count). The lowest BCUT2D eigenvalue weighted by molar-refractivity contribution is -0.384. The summed E-state index contributed by atoms with van der Waals surface area (Å²) in [5.41, 5.74) is 0.506. The summed E-state index contributed by atoms with van der Waals surface area (Å²) >= 11 is 5.98. The highest BCUT2D eigenvalue weighted by Gasteiger charge is 2.23. The van der Waals surface area contributed by atoms with Crippen molar-refractivity contribution < 1.29 is 14.5 Å². The first kappa shape index (κ1) is 15.8. The molecular formula is C13H13ClN4O4. The van der Waals surface area contributed by atoms with Gasteiger partial charge in [-0.3, -0.25) is 14.7 Å². The third kappa shape index (κ3) is 2.86. The predicted molar refractivity (Wildman–Crippen MR) is 80.7 cm³/mol. The molecule has 0 radical (unpaired) electrons. The van der Waals surface area contributed by atoms with Crippen LogP contribution in [0.15, 0.2) is 24.7 Å². The molecule has 0 bridgehead atoms. The van der Waals surface area contributed by atoms with Crippen molar-refractivity contribution in [3.8, 4) is 5.69 Å². The van der Waals surface area contributed by atoms with Crippen LogP contribution in [0.1, 0.15) is 17.4 Å². The van der Waals surface area contributed by atoms with Crippen LogP contribution >= 0.6 is 11.6 Å². The van der Waals surface area contributed by atoms with Crippen LogP contribution in [-0.2, 0) is 4.74 Å². The van der Waals surface area contributed by atoms with E-state index in [0.29, 0.717) is 5.69 Å². The van der Waals surface area contributed by atoms with E-state index < -0.39 is 10.9 Å². The minimum Gasteiger partial charge on any atom is -0.461 e. The molecule has 0 unspecified atom stereocenters. The molecule has 0 aliphatic heterocycles. The Morgan fingerprint density at radius 1 is 1.55 bits per heavy atom. The Morgan fingerprint density at radius 2 is 2.27 bits per heavy atom. The topological polar surface area (TPSA) is 99.3 Å². The lowest BCUT2D eigenvalue weighted by atomic mass is 10.2. The van der Waals surface area contributed by atoms with Crippen molar-refractivity contribution in [2.45, 2.75) is 6.92 Å². The number of nitro benzene ring substituents is 1. The van der Waals surface area contributed by atoms with Gasteiger partial charge in [0.05, 0.1) is 28.4 Å². The zero-order valence-electron chi connectivity index (χ0n) is 11.9. The third-order valence-corrected chi connectivity index (χ3v) is 3.23. The van der Waals surface area contributed by atoms with Gasteiger partial charge in [-0.2, -0.15) is 0 Å². The van der Waals surface area contributed by atoms with E-state index in [0.717, 1.165) is 0 Å². The fourth-order valence-electron chi connectivity index (χ4n) is 1.93. The van der Waals surface area contributed by atoms with Gasteiger partial charge < -0.3 is 10.1 Å². The lowest BCUT2D eigenvalue weighted by Gasteiger charge is -2.11. The van der Waals surface area contributed by atoms with Gasteiger partial charge in [0.2, 0.25) is 0 Å². The molecule has 1 aromatic heterocycles. The quantitative estimate of drug-likeness (QED) is 0.515. The van der Waals surface area contributed by atoms with Crippen molar-refractivity contribution >= 4 is 28.9 Å². The van der Waals surface area contributed by atoms with Crippen molar-refractivity contribution in [1.82, 2.24) is 9.55 Å². The van der Waals surface area contributed by atoms with E-state index >= 15 is 0 Å². The smallest absolute Gasteiger partial charge is 0.356 e. The van der Waals surface area contributed by atoms with Crippen LogP contribution in [0.25, 0.3) is 5.69 Å². The molecule has 1 aromatic carbocycles. The Hall–Kier alpha value is -2.61. The third-order valence-electron chi connectivity index (χ3n) is 2.91. The number of ether oxygens (including phenoxy) is 1. The Bertz CT molecular complexity index is 729. The monoisotopic (exact) mass is 324 g/mol. The highest BCUT2D eigenvalue weighted by molar-refractivity contribution is 6.33. The maximum atomic E-state index is 11.9. The molecular weight excluding hydrogens is 312 g/mol. The predicted octanol–water partition coefficient (Wildman–Crippen LogP) is 2.65. The van der Waals surface area contributed by atoms with Gasteiger partial charge in [0, 0.05) is 13.1 Å². The van der Waals surface area contributed by atoms with E-state index in [9.17, 15) is 14.9 Å². The van der Waals surface area contributed by atoms with Crippen LogP contribution < -0.4 is 5.32 Å². The summed E-state index contributed by atoms with van der Waals surface area (Å²) in [6, 6.07) is 2.70. The van der Waals surface area contributed by atoms with Gasteiger partial charge in [-0.1, -0.05) is 11.6 Å². The second kappa shape index (κ2) is 6.44. The average Bonchev–Trinajstić information content (AvgIpc) is 2.96. The van der Waals surface area contributed by atoms with Gasteiger partial charge in [0.25, 0.3) is 5.69 Å². The van der Waals surface area contributed by atoms with Crippen molar-refractivity contribution in [3.05, 3.63) is 45.5 Å². The number of halogens is 1. The van der Waals surface area contributed by atoms with Crippen LogP contribution in [-0.4, -0.2) is 34.1 Å². The van der Waals surface area contributed by atoms with Gasteiger partial charge in [-0.25, -0.2) is 9.78 Å². The zero-order valence-corrected chi connectivity index (χ0v) is 12.6. The molecule has 0 fully saturated rings. The van der Waals surface area contributed by atoms with E-state index in [1.165, 1.54) is 29.2 Å². The molecule has 116 valence electrons. The second-order valence-corrected chi connectivity index (χ2v) is 4.60. The number of esters is 1. The number of imidazole rings is 1. The zero-order chi connectivity index (χ0) is 16.3. The number of hydrogen-bond donors (Lipinski definition) is 1. The summed E-state index contributed by atoms with van der Waals surface area (Å²) < 4.78 is 6.22. The normalized spacial score (nSPS) is 10.3. The van der Waals surface area contributed by atoms with Crippen LogP contribution in [0.5, 0.6) is 0 Å². The highest BCUT2D eigenvalue weighted by atomic mass is 35.5. The Morgan fingerprint density at radius 3 is 2.86 bits per heavy atom. The van der Waals surface area contributed by atoms with Gasteiger partial charge in [0.1, 0.15) is 12.0 Å². The fraction of sp³-hybridized carbons (Fsp3) is 0.231. The lowest BCUT2D eigenvalue weighted by Crippen LogP contribution is -2.12. The maximum Gasteiger partial charge on any atom is 0.356 e. The summed E-state index contributed by atoms with van der Waals surface area (Å²) in [7, 11) is 1.64. The highest BCUT2D eigenvalue weighted by Crippen LogP contribution is 2.33. The van der Waals surface area contributed by atoms with E-state index in [4.69, 9.17) is 16.3 Å². The number of rotatable bonds is 5. The number of nitrogens with one attached hydrogen (secondary N) is 1. The van der Waals surface area contributed by atoms with Gasteiger partial charge in [0.15, 0.2) is 5.69 Å². The average molecular weight is 325 g/mol. The summed E-state index contributed by atoms with van der Waals surface area (Å²) in [5.74, 6) is -0.616. The fourth-order valence-corrected chi connectivity index (χ4v) is 2.18. The number of anilines is 1. The van der Waals surface area contributed by atoms with Crippen LogP contribution in [0.4, 0.5) is 11.4 Å². The minimum atomic E-state index is -0.616. The maximum absolute atomic E-state index is 11.9. The first-order valence-electron chi connectivity index (χ1n) is 6.35. The van der Waals surface area contributed by atoms with Crippen molar-refractivity contribution in [2.24, 2.45) is 0 Å². The molecule has 0 amide bonds. The van der Waals surface area contributed by atoms with Crippen molar-refractivity contribution in [3.63, 3.8) is 0 Å². The molecule has 0 aliphatic carbocycles. The van der Waals surface area contributed by atoms with Crippen molar-refractivity contribution in [2.75, 3.05) is 19.0 Å². The molecule has 0 saturated carbocycles. The number of benzene rings is 1. The van der Waals surface area contributed by atoms with E-state index in [1.807, 2.05) is 0 Å². The molecule has 8 nitrogen and oxygen atoms in total. The number of carbonyl (C=O) groups is 1. The molecule has 9 heteroatoms. The molecule has 1 heterocycles. The summed E-state index contributed by atoms with van der Waals surface area (Å²) in [5, 5.41) is 14.3. The number of aromatic nitrogens is 2. The Labute approximate surface area is 130 Å². The van der Waals surface area contributed by atoms with Crippen LogP contribution in [0.3, 0.4) is 0 Å². The van der Waals surface area contributed by atoms with E-state index in [-0.39, 0.29) is 28.7 Å². The van der Waals surface area contributed by atoms with E-state index in [2.05, 4.69) is 10.3 Å². The number of hydrogen-bond acceptors (Lipinski definition) is 6. The SMILES string of the molecule is CCOC(=O)c1cncn1-c1cc(NC)c(Cl)cc1[N+](=O)[O-]. The number of carbonyl (C=O) groups excluding carboxylic acids is 1. The Kier molecular flexibility index (Phi) is 4.62. The largest absolute Gasteiger partial charge is 0.461 e. The molecule has 22 heavy (non-hydrogen) atoms. The van der Waals surface area contributed by atoms with Crippen LogP contribution in [0.2, 0.25) is 5.02 Å². The van der Waals surface area contributed by atoms with Crippen molar-refractivity contribution in [1.29, 1.82) is 0 Å². The first-order chi connectivity index (χ1) is 10.5. The standard InChI is InChI=1S/C13H13ClN4O4/c1-3-22-13(19)12-6-16-7-17(12)10-5-9(15-2)8(14)4-11(10)18(20)21/h4-7,15H,3H2,1-2H3. The molecule has 2 aromatic rings. The summed E-state index contributed by atoms with van der Waals surface area (Å²) in [6.45, 7) is 1.86. The van der Waals surface area contributed by atoms with Crippen LogP contribution in [0, 0.1) is 10.1 Å². The summed E-state index contributed by atoms with van der Waals surface area (Å²) in [6.07, 6.45) is 2.59. The molecule has 0 atom stereocenters. The Balaban J connectivity index is 2.64. The molecule has 0 spiro atoms. The summed E-state index contributed by atoms with van der Waals surface area (Å²) in [4.78, 5) is 26.5. The van der Waals surface area contributed by atoms with Gasteiger partial charge >= 0.3 is 5.97 Å². The van der Waals surface area contributed by atoms with Gasteiger partial charge in [-0.15, -0.1) is 0 Å². The minimum absolute atomic E-state index is 0.0920. The number of nitro groups is 1. The molecule has 1 N–H and O–H groups in total.